The summed E-state index contributed by atoms with van der Waals surface area (Å²) in [5.74, 6) is 1.30. The highest BCUT2D eigenvalue weighted by Crippen LogP contribution is 2.17. The Hall–Kier alpha value is 0.01000. The average Bonchev–Trinajstić information content (AvgIpc) is 2.47. The van der Waals surface area contributed by atoms with E-state index in [4.69, 9.17) is 24.1 Å². The molecule has 0 spiro atoms. The first-order valence-corrected chi connectivity index (χ1v) is 9.24. The third-order valence-electron chi connectivity index (χ3n) is 2.58. The maximum absolute atomic E-state index is 11.1. The molecule has 1 fully saturated rings. The SMILES string of the molecule is O=C(O)C1CSCCOCCOCCOCCOCCS1. The molecular weight excluding hydrogens is 316 g/mol. The van der Waals surface area contributed by atoms with E-state index in [9.17, 15) is 4.79 Å². The molecule has 1 heterocycles. The summed E-state index contributed by atoms with van der Waals surface area (Å²) < 4.78 is 21.5. The molecule has 124 valence electrons. The first-order chi connectivity index (χ1) is 10.3. The Morgan fingerprint density at radius 1 is 0.810 bits per heavy atom. The summed E-state index contributed by atoms with van der Waals surface area (Å²) in [6.45, 7) is 4.44. The molecule has 1 N–H and O–H groups in total. The van der Waals surface area contributed by atoms with Crippen molar-refractivity contribution in [1.29, 1.82) is 0 Å². The van der Waals surface area contributed by atoms with Crippen molar-refractivity contribution in [2.24, 2.45) is 0 Å². The Balaban J connectivity index is 2.23. The van der Waals surface area contributed by atoms with E-state index in [0.29, 0.717) is 64.4 Å². The Morgan fingerprint density at radius 2 is 1.29 bits per heavy atom. The molecule has 0 aliphatic carbocycles. The molecule has 1 atom stereocenters. The minimum Gasteiger partial charge on any atom is -0.480 e. The fraction of sp³-hybridized carbons (Fsp3) is 0.923. The van der Waals surface area contributed by atoms with Crippen molar-refractivity contribution in [3.8, 4) is 0 Å². The molecule has 0 amide bonds. The van der Waals surface area contributed by atoms with Crippen LogP contribution >= 0.6 is 23.5 Å². The van der Waals surface area contributed by atoms with E-state index >= 15 is 0 Å². The molecule has 0 saturated carbocycles. The van der Waals surface area contributed by atoms with E-state index in [1.807, 2.05) is 0 Å². The lowest BCUT2D eigenvalue weighted by Crippen LogP contribution is -2.21. The Bertz CT molecular complexity index is 249. The molecule has 1 aliphatic heterocycles. The molecule has 1 aliphatic rings. The molecule has 21 heavy (non-hydrogen) atoms. The lowest BCUT2D eigenvalue weighted by Gasteiger charge is -2.13. The Kier molecular flexibility index (Phi) is 12.4. The average molecular weight is 340 g/mol. The van der Waals surface area contributed by atoms with Gasteiger partial charge in [0.2, 0.25) is 0 Å². The summed E-state index contributed by atoms with van der Waals surface area (Å²) in [6.07, 6.45) is 0. The van der Waals surface area contributed by atoms with Gasteiger partial charge in [-0.15, -0.1) is 11.8 Å². The van der Waals surface area contributed by atoms with E-state index < -0.39 is 11.2 Å². The molecule has 0 aromatic rings. The maximum Gasteiger partial charge on any atom is 0.317 e. The summed E-state index contributed by atoms with van der Waals surface area (Å²) in [4.78, 5) is 11.1. The first-order valence-electron chi connectivity index (χ1n) is 7.04. The van der Waals surface area contributed by atoms with Crippen LogP contribution in [0.15, 0.2) is 0 Å². The third kappa shape index (κ3) is 11.3. The zero-order chi connectivity index (χ0) is 15.2. The summed E-state index contributed by atoms with van der Waals surface area (Å²) in [7, 11) is 0. The van der Waals surface area contributed by atoms with Gasteiger partial charge in [-0.05, 0) is 0 Å². The van der Waals surface area contributed by atoms with Crippen LogP contribution in [0, 0.1) is 0 Å². The third-order valence-corrected chi connectivity index (χ3v) is 4.99. The van der Waals surface area contributed by atoms with Gasteiger partial charge in [-0.25, -0.2) is 0 Å². The van der Waals surface area contributed by atoms with Gasteiger partial charge < -0.3 is 24.1 Å². The van der Waals surface area contributed by atoms with E-state index in [1.54, 1.807) is 11.8 Å². The standard InChI is InChI=1S/C13H24O6S2/c14-13(15)12-11-20-9-7-18-5-3-16-1-2-17-4-6-19-8-10-21-12/h12H,1-11H2,(H,14,15). The number of aliphatic carboxylic acids is 1. The van der Waals surface area contributed by atoms with Crippen molar-refractivity contribution in [3.63, 3.8) is 0 Å². The minimum absolute atomic E-state index is 0.392. The highest BCUT2D eigenvalue weighted by Gasteiger charge is 2.17. The fourth-order valence-corrected chi connectivity index (χ4v) is 3.58. The number of carboxylic acids is 1. The maximum atomic E-state index is 11.1. The number of rotatable bonds is 1. The van der Waals surface area contributed by atoms with Gasteiger partial charge in [-0.3, -0.25) is 4.79 Å². The Morgan fingerprint density at radius 3 is 1.81 bits per heavy atom. The summed E-state index contributed by atoms with van der Waals surface area (Å²) >= 11 is 3.03. The molecule has 0 bridgehead atoms. The van der Waals surface area contributed by atoms with Crippen molar-refractivity contribution < 1.29 is 28.8 Å². The van der Waals surface area contributed by atoms with Gasteiger partial charge in [0.15, 0.2) is 0 Å². The number of ether oxygens (including phenoxy) is 4. The summed E-state index contributed by atoms with van der Waals surface area (Å²) in [5, 5.41) is 8.76. The number of hydrogen-bond acceptors (Lipinski definition) is 7. The van der Waals surface area contributed by atoms with Crippen molar-refractivity contribution in [2.75, 3.05) is 70.1 Å². The normalized spacial score (nSPS) is 25.6. The predicted octanol–water partition coefficient (Wildman–Crippen LogP) is 0.986. The quantitative estimate of drug-likeness (QED) is 0.757. The van der Waals surface area contributed by atoms with Crippen LogP contribution in [0.5, 0.6) is 0 Å². The molecule has 0 aromatic heterocycles. The van der Waals surface area contributed by atoms with Crippen LogP contribution in [0.3, 0.4) is 0 Å². The van der Waals surface area contributed by atoms with Gasteiger partial charge in [0.25, 0.3) is 0 Å². The second kappa shape index (κ2) is 13.7. The molecule has 0 aromatic carbocycles. The van der Waals surface area contributed by atoms with Crippen molar-refractivity contribution in [2.45, 2.75) is 5.25 Å². The van der Waals surface area contributed by atoms with E-state index in [2.05, 4.69) is 0 Å². The molecule has 0 radical (unpaired) electrons. The van der Waals surface area contributed by atoms with Gasteiger partial charge in [0, 0.05) is 17.3 Å². The fourth-order valence-electron chi connectivity index (χ4n) is 1.51. The molecule has 1 rings (SSSR count). The van der Waals surface area contributed by atoms with Crippen LogP contribution in [0.25, 0.3) is 0 Å². The van der Waals surface area contributed by atoms with Crippen LogP contribution in [0.1, 0.15) is 0 Å². The zero-order valence-electron chi connectivity index (χ0n) is 12.2. The highest BCUT2D eigenvalue weighted by molar-refractivity contribution is 8.03. The lowest BCUT2D eigenvalue weighted by atomic mass is 10.5. The molecule has 1 saturated heterocycles. The van der Waals surface area contributed by atoms with Crippen molar-refractivity contribution >= 4 is 29.5 Å². The van der Waals surface area contributed by atoms with Crippen LogP contribution < -0.4 is 0 Å². The van der Waals surface area contributed by atoms with E-state index in [1.165, 1.54) is 11.8 Å². The monoisotopic (exact) mass is 340 g/mol. The highest BCUT2D eigenvalue weighted by atomic mass is 32.2. The lowest BCUT2D eigenvalue weighted by molar-refractivity contribution is -0.135. The van der Waals surface area contributed by atoms with E-state index in [0.717, 1.165) is 5.75 Å². The van der Waals surface area contributed by atoms with Crippen LogP contribution in [0.4, 0.5) is 0 Å². The smallest absolute Gasteiger partial charge is 0.317 e. The largest absolute Gasteiger partial charge is 0.480 e. The van der Waals surface area contributed by atoms with Crippen molar-refractivity contribution in [1.82, 2.24) is 0 Å². The van der Waals surface area contributed by atoms with Gasteiger partial charge in [0.1, 0.15) is 5.25 Å². The topological polar surface area (TPSA) is 74.2 Å². The molecule has 8 heteroatoms. The zero-order valence-corrected chi connectivity index (χ0v) is 13.8. The second-order valence-electron chi connectivity index (χ2n) is 4.22. The van der Waals surface area contributed by atoms with Gasteiger partial charge in [0.05, 0.1) is 52.9 Å². The number of hydrogen-bond donors (Lipinski definition) is 1. The van der Waals surface area contributed by atoms with Crippen LogP contribution in [0.2, 0.25) is 0 Å². The summed E-state index contributed by atoms with van der Waals surface area (Å²) in [5.41, 5.74) is 0. The summed E-state index contributed by atoms with van der Waals surface area (Å²) in [6, 6.07) is 0. The Labute approximate surface area is 134 Å². The number of carboxylic acid groups (broad SMARTS) is 1. The van der Waals surface area contributed by atoms with Gasteiger partial charge in [-0.1, -0.05) is 0 Å². The second-order valence-corrected chi connectivity index (χ2v) is 6.68. The molecule has 6 nitrogen and oxygen atoms in total. The predicted molar refractivity (Wildman–Crippen MR) is 84.5 cm³/mol. The van der Waals surface area contributed by atoms with Crippen LogP contribution in [-0.2, 0) is 23.7 Å². The number of thioether (sulfide) groups is 2. The molecule has 1 unspecified atom stereocenters. The molecular formula is C13H24O6S2. The van der Waals surface area contributed by atoms with Crippen molar-refractivity contribution in [3.05, 3.63) is 0 Å². The van der Waals surface area contributed by atoms with Gasteiger partial charge >= 0.3 is 5.97 Å². The van der Waals surface area contributed by atoms with E-state index in [-0.39, 0.29) is 0 Å². The van der Waals surface area contributed by atoms with Gasteiger partial charge in [-0.2, -0.15) is 11.8 Å². The minimum atomic E-state index is -0.764. The first kappa shape index (κ1) is 19.1. The van der Waals surface area contributed by atoms with Crippen LogP contribution in [-0.4, -0.2) is 86.4 Å². The number of carbonyl (C=O) groups is 1.